The summed E-state index contributed by atoms with van der Waals surface area (Å²) >= 11 is 3.26. The lowest BCUT2D eigenvalue weighted by Crippen LogP contribution is -2.31. The third kappa shape index (κ3) is 7.07. The molecule has 1 N–H and O–H groups in total. The molecule has 0 aliphatic heterocycles. The summed E-state index contributed by atoms with van der Waals surface area (Å²) in [7, 11) is -2.48. The van der Waals surface area contributed by atoms with Crippen molar-refractivity contribution in [3.05, 3.63) is 112 Å². The highest BCUT2D eigenvalue weighted by Gasteiger charge is 2.23. The van der Waals surface area contributed by atoms with E-state index in [0.29, 0.717) is 41.0 Å². The summed E-state index contributed by atoms with van der Waals surface area (Å²) < 4.78 is 40.1. The van der Waals surface area contributed by atoms with Gasteiger partial charge in [0.15, 0.2) is 0 Å². The maximum atomic E-state index is 13.4. The first-order chi connectivity index (χ1) is 18.8. The summed E-state index contributed by atoms with van der Waals surface area (Å²) in [5.74, 6) is 0.680. The minimum Gasteiger partial charge on any atom is -0.497 e. The van der Waals surface area contributed by atoms with Crippen molar-refractivity contribution in [2.24, 2.45) is 0 Å². The van der Waals surface area contributed by atoms with Crippen LogP contribution in [0.1, 0.15) is 34.8 Å². The zero-order valence-electron chi connectivity index (χ0n) is 21.8. The SMILES string of the molecule is CCCOc1cc(OC)ccc1-c1ccc(C(=O)NS(=O)(=O)c2ccccc2Br)c(CCc2ccccc2)c1. The van der Waals surface area contributed by atoms with Crippen LogP contribution in [0.25, 0.3) is 11.1 Å². The van der Waals surface area contributed by atoms with Gasteiger partial charge in [-0.1, -0.05) is 61.5 Å². The first kappa shape index (κ1) is 28.4. The van der Waals surface area contributed by atoms with Crippen LogP contribution in [0.4, 0.5) is 0 Å². The van der Waals surface area contributed by atoms with E-state index in [0.717, 1.165) is 28.7 Å². The highest BCUT2D eigenvalue weighted by Crippen LogP contribution is 2.35. The molecule has 8 heteroatoms. The van der Waals surface area contributed by atoms with Gasteiger partial charge in [0.25, 0.3) is 15.9 Å². The first-order valence-corrected chi connectivity index (χ1v) is 14.9. The minimum absolute atomic E-state index is 0.00301. The average Bonchev–Trinajstić information content (AvgIpc) is 2.95. The van der Waals surface area contributed by atoms with E-state index >= 15 is 0 Å². The van der Waals surface area contributed by atoms with Gasteiger partial charge in [-0.25, -0.2) is 13.1 Å². The molecule has 0 unspecified atom stereocenters. The van der Waals surface area contributed by atoms with Crippen molar-refractivity contribution in [1.29, 1.82) is 0 Å². The van der Waals surface area contributed by atoms with Gasteiger partial charge in [-0.15, -0.1) is 0 Å². The molecule has 1 amide bonds. The number of hydrogen-bond donors (Lipinski definition) is 1. The lowest BCUT2D eigenvalue weighted by molar-refractivity contribution is 0.0980. The number of nitrogens with one attached hydrogen (secondary N) is 1. The van der Waals surface area contributed by atoms with E-state index in [1.165, 1.54) is 6.07 Å². The van der Waals surface area contributed by atoms with Crippen molar-refractivity contribution >= 4 is 31.9 Å². The van der Waals surface area contributed by atoms with Crippen LogP contribution in [0.15, 0.2) is 100 Å². The Kier molecular flexibility index (Phi) is 9.43. The number of sulfonamides is 1. The van der Waals surface area contributed by atoms with Crippen LogP contribution in [0.2, 0.25) is 0 Å². The molecule has 0 atom stereocenters. The Hall–Kier alpha value is -3.62. The number of benzene rings is 4. The second-order valence-corrected chi connectivity index (χ2v) is 11.4. The fourth-order valence-electron chi connectivity index (χ4n) is 4.21. The normalized spacial score (nSPS) is 11.2. The van der Waals surface area contributed by atoms with Crippen LogP contribution in [0, 0.1) is 0 Å². The molecule has 0 saturated heterocycles. The summed E-state index contributed by atoms with van der Waals surface area (Å²) in [5, 5.41) is 0. The molecule has 0 fully saturated rings. The molecule has 0 aliphatic carbocycles. The molecule has 6 nitrogen and oxygen atoms in total. The molecule has 39 heavy (non-hydrogen) atoms. The van der Waals surface area contributed by atoms with Gasteiger partial charge >= 0.3 is 0 Å². The Balaban J connectivity index is 1.72. The van der Waals surface area contributed by atoms with Crippen LogP contribution in [-0.2, 0) is 22.9 Å². The number of amides is 1. The summed E-state index contributed by atoms with van der Waals surface area (Å²) in [6.07, 6.45) is 2.07. The molecule has 0 bridgehead atoms. The third-order valence-electron chi connectivity index (χ3n) is 6.19. The van der Waals surface area contributed by atoms with Gasteiger partial charge in [-0.2, -0.15) is 0 Å². The van der Waals surface area contributed by atoms with Crippen molar-refractivity contribution in [1.82, 2.24) is 4.72 Å². The van der Waals surface area contributed by atoms with E-state index in [2.05, 4.69) is 20.7 Å². The van der Waals surface area contributed by atoms with Gasteiger partial charge in [0.2, 0.25) is 0 Å². The first-order valence-electron chi connectivity index (χ1n) is 12.6. The Morgan fingerprint density at radius 1 is 0.897 bits per heavy atom. The standard InChI is InChI=1S/C31H30BrNO5S/c1-3-19-38-29-21-25(37-2)16-18-26(29)23-15-17-27(24(20-23)14-13-22-9-5-4-6-10-22)31(34)33-39(35,36)30-12-8-7-11-28(30)32/h4-12,15-18,20-21H,3,13-14,19H2,1-2H3,(H,33,34). The van der Waals surface area contributed by atoms with Crippen molar-refractivity contribution in [3.8, 4) is 22.6 Å². The number of carbonyl (C=O) groups is 1. The predicted octanol–water partition coefficient (Wildman–Crippen LogP) is 6.82. The molecule has 0 aliphatic rings. The number of rotatable bonds is 11. The van der Waals surface area contributed by atoms with Gasteiger partial charge in [-0.05, 0) is 82.2 Å². The molecule has 4 aromatic carbocycles. The van der Waals surface area contributed by atoms with Crippen LogP contribution in [0.3, 0.4) is 0 Å². The van der Waals surface area contributed by atoms with Crippen LogP contribution < -0.4 is 14.2 Å². The lowest BCUT2D eigenvalue weighted by Gasteiger charge is -2.16. The molecule has 0 heterocycles. The minimum atomic E-state index is -4.09. The van der Waals surface area contributed by atoms with Gasteiger partial charge in [-0.3, -0.25) is 4.79 Å². The Morgan fingerprint density at radius 3 is 2.36 bits per heavy atom. The fraction of sp³-hybridized carbons (Fsp3) is 0.194. The number of carbonyl (C=O) groups excluding carboxylic acids is 1. The average molecular weight is 609 g/mol. The zero-order chi connectivity index (χ0) is 27.8. The molecule has 0 spiro atoms. The predicted molar refractivity (Wildman–Crippen MR) is 157 cm³/mol. The van der Waals surface area contributed by atoms with E-state index in [-0.39, 0.29) is 4.90 Å². The van der Waals surface area contributed by atoms with Gasteiger partial charge in [0.05, 0.1) is 13.7 Å². The zero-order valence-corrected chi connectivity index (χ0v) is 24.2. The summed E-state index contributed by atoms with van der Waals surface area (Å²) in [6, 6.07) is 27.4. The van der Waals surface area contributed by atoms with Crippen molar-refractivity contribution in [2.75, 3.05) is 13.7 Å². The molecule has 0 radical (unpaired) electrons. The van der Waals surface area contributed by atoms with Crippen LogP contribution in [-0.4, -0.2) is 28.0 Å². The number of aryl methyl sites for hydroxylation is 2. The van der Waals surface area contributed by atoms with Crippen molar-refractivity contribution in [3.63, 3.8) is 0 Å². The Bertz CT molecular complexity index is 1550. The quantitative estimate of drug-likeness (QED) is 0.202. The molecule has 0 aromatic heterocycles. The summed E-state index contributed by atoms with van der Waals surface area (Å²) in [5.41, 5.74) is 3.87. The second-order valence-electron chi connectivity index (χ2n) is 8.93. The van der Waals surface area contributed by atoms with Crippen molar-refractivity contribution in [2.45, 2.75) is 31.1 Å². The molecule has 0 saturated carbocycles. The molecule has 4 aromatic rings. The van der Waals surface area contributed by atoms with E-state index in [1.54, 1.807) is 31.4 Å². The van der Waals surface area contributed by atoms with Crippen molar-refractivity contribution < 1.29 is 22.7 Å². The topological polar surface area (TPSA) is 81.7 Å². The number of methoxy groups -OCH3 is 1. The van der Waals surface area contributed by atoms with E-state index in [4.69, 9.17) is 9.47 Å². The lowest BCUT2D eigenvalue weighted by atomic mass is 9.94. The van der Waals surface area contributed by atoms with Crippen LogP contribution >= 0.6 is 15.9 Å². The largest absolute Gasteiger partial charge is 0.497 e. The Labute approximate surface area is 238 Å². The maximum Gasteiger partial charge on any atom is 0.265 e. The van der Waals surface area contributed by atoms with Gasteiger partial charge in [0.1, 0.15) is 16.4 Å². The smallest absolute Gasteiger partial charge is 0.265 e. The van der Waals surface area contributed by atoms with Gasteiger partial charge < -0.3 is 9.47 Å². The highest BCUT2D eigenvalue weighted by molar-refractivity contribution is 9.10. The summed E-state index contributed by atoms with van der Waals surface area (Å²) in [6.45, 7) is 2.59. The molecular formula is C31H30BrNO5S. The second kappa shape index (κ2) is 13.0. The molecular weight excluding hydrogens is 578 g/mol. The van der Waals surface area contributed by atoms with Crippen LogP contribution in [0.5, 0.6) is 11.5 Å². The fourth-order valence-corrected chi connectivity index (χ4v) is 6.18. The summed E-state index contributed by atoms with van der Waals surface area (Å²) in [4.78, 5) is 13.4. The number of hydrogen-bond acceptors (Lipinski definition) is 5. The van der Waals surface area contributed by atoms with E-state index < -0.39 is 15.9 Å². The van der Waals surface area contributed by atoms with Gasteiger partial charge in [0, 0.05) is 21.7 Å². The Morgan fingerprint density at radius 2 is 1.64 bits per heavy atom. The molecule has 202 valence electrons. The third-order valence-corrected chi connectivity index (χ3v) is 8.53. The van der Waals surface area contributed by atoms with E-state index in [9.17, 15) is 13.2 Å². The van der Waals surface area contributed by atoms with E-state index in [1.807, 2.05) is 67.6 Å². The number of ether oxygens (including phenoxy) is 2. The maximum absolute atomic E-state index is 13.4. The molecule has 4 rings (SSSR count). The number of halogens is 1. The monoisotopic (exact) mass is 607 g/mol. The highest BCUT2D eigenvalue weighted by atomic mass is 79.9.